The molecule has 0 N–H and O–H groups in total. The van der Waals surface area contributed by atoms with Gasteiger partial charge in [-0.25, -0.2) is 9.59 Å². The third-order valence-corrected chi connectivity index (χ3v) is 13.4. The Morgan fingerprint density at radius 2 is 0.839 bits per heavy atom. The maximum absolute atomic E-state index is 13.8. The molecule has 2 aliphatic carbocycles. The van der Waals surface area contributed by atoms with Gasteiger partial charge in [-0.3, -0.25) is 0 Å². The van der Waals surface area contributed by atoms with Gasteiger partial charge >= 0.3 is 11.9 Å². The van der Waals surface area contributed by atoms with Crippen LogP contribution >= 0.6 is 23.5 Å². The van der Waals surface area contributed by atoms with Crippen LogP contribution in [0, 0.1) is 0 Å². The molecule has 0 unspecified atom stereocenters. The molecule has 5 aliphatic rings. The average molecular weight is 791 g/mol. The third-order valence-electron chi connectivity index (χ3n) is 11.1. The molecule has 4 bridgehead atoms. The zero-order valence-corrected chi connectivity index (χ0v) is 33.1. The van der Waals surface area contributed by atoms with Crippen molar-refractivity contribution in [1.82, 2.24) is 0 Å². The van der Waals surface area contributed by atoms with E-state index < -0.39 is 0 Å². The molecule has 56 heavy (non-hydrogen) atoms. The monoisotopic (exact) mass is 790 g/mol. The van der Waals surface area contributed by atoms with Crippen LogP contribution in [0.25, 0.3) is 11.1 Å². The molecule has 3 aliphatic heterocycles. The van der Waals surface area contributed by atoms with Crippen LogP contribution in [0.5, 0.6) is 11.5 Å². The van der Waals surface area contributed by atoms with Gasteiger partial charge in [-0.1, -0.05) is 36.4 Å². The Balaban J connectivity index is 1.24. The van der Waals surface area contributed by atoms with Gasteiger partial charge in [0.05, 0.1) is 37.6 Å². The van der Waals surface area contributed by atoms with E-state index in [2.05, 4.69) is 24.3 Å². The topological polar surface area (TPSA) is 89.5 Å². The van der Waals surface area contributed by atoms with E-state index in [0.717, 1.165) is 104 Å². The lowest BCUT2D eigenvalue weighted by molar-refractivity contribution is 0.0202. The molecule has 0 amide bonds. The Labute approximate surface area is 336 Å². The number of benzene rings is 4. The predicted octanol–water partition coefficient (Wildman–Crippen LogP) is 10.4. The lowest BCUT2D eigenvalue weighted by Crippen LogP contribution is -2.21. The Bertz CT molecular complexity index is 2000. The number of fused-ring (bicyclic) bond motifs is 6. The van der Waals surface area contributed by atoms with Gasteiger partial charge in [0.25, 0.3) is 0 Å². The summed E-state index contributed by atoms with van der Waals surface area (Å²) < 4.78 is 36.3. The first-order valence-corrected chi connectivity index (χ1v) is 21.7. The highest BCUT2D eigenvalue weighted by molar-refractivity contribution is 8.00. The first-order valence-electron chi connectivity index (χ1n) is 20.1. The van der Waals surface area contributed by atoms with Crippen LogP contribution in [0.1, 0.15) is 107 Å². The Morgan fingerprint density at radius 1 is 0.464 bits per heavy atom. The van der Waals surface area contributed by atoms with E-state index in [9.17, 15) is 9.59 Å². The molecule has 0 saturated heterocycles. The number of ether oxygens (including phenoxy) is 6. The van der Waals surface area contributed by atoms with Crippen molar-refractivity contribution in [2.45, 2.75) is 96.0 Å². The van der Waals surface area contributed by atoms with Gasteiger partial charge in [0.1, 0.15) is 36.9 Å². The Kier molecular flexibility index (Phi) is 11.4. The molecule has 4 aromatic carbocycles. The van der Waals surface area contributed by atoms with Crippen molar-refractivity contribution in [3.63, 3.8) is 0 Å². The van der Waals surface area contributed by atoms with Gasteiger partial charge in [0.15, 0.2) is 0 Å². The molecule has 2 fully saturated rings. The molecular formula is C46H46O8S2. The zero-order valence-electron chi connectivity index (χ0n) is 31.5. The van der Waals surface area contributed by atoms with Crippen LogP contribution in [0.15, 0.2) is 92.4 Å². The summed E-state index contributed by atoms with van der Waals surface area (Å²) in [5.74, 6) is 0.826. The minimum absolute atomic E-state index is 0.0611. The second-order valence-electron chi connectivity index (χ2n) is 14.9. The van der Waals surface area contributed by atoms with Crippen molar-refractivity contribution in [3.05, 3.63) is 106 Å². The van der Waals surface area contributed by atoms with E-state index >= 15 is 0 Å². The smallest absolute Gasteiger partial charge is 0.338 e. The lowest BCUT2D eigenvalue weighted by atomic mass is 9.84. The van der Waals surface area contributed by atoms with E-state index in [1.807, 2.05) is 48.5 Å². The van der Waals surface area contributed by atoms with Crippen LogP contribution in [-0.4, -0.2) is 63.8 Å². The largest absolute Gasteiger partial charge is 0.491 e. The minimum atomic E-state index is -0.302. The van der Waals surface area contributed by atoms with Crippen molar-refractivity contribution >= 4 is 46.6 Å². The minimum Gasteiger partial charge on any atom is -0.491 e. The molecule has 290 valence electrons. The summed E-state index contributed by atoms with van der Waals surface area (Å²) in [6.45, 7) is 2.54. The molecule has 0 atom stereocenters. The number of hydrogen-bond donors (Lipinski definition) is 0. The fourth-order valence-electron chi connectivity index (χ4n) is 8.28. The van der Waals surface area contributed by atoms with E-state index in [-0.39, 0.29) is 24.1 Å². The standard InChI is InChI=1S/C46H46O8S2/c47-45(53-31-7-3-1-4-8-31)29-11-15-39-35(25-29)43-37-27-33(13-17-41(37)55-39)51-23-21-49-19-20-50-22-24-52-34-14-18-42-38(28-34)44(43)36-26-30(12-16-40(36)56-42)46(48)54-32-9-5-2-6-10-32/h11-18,25-28,31-32H,1-10,19-24H2. The van der Waals surface area contributed by atoms with Gasteiger partial charge < -0.3 is 28.4 Å². The second kappa shape index (κ2) is 17.1. The molecule has 4 aromatic rings. The quantitative estimate of drug-likeness (QED) is 0.161. The highest BCUT2D eigenvalue weighted by Crippen LogP contribution is 2.55. The van der Waals surface area contributed by atoms with Crippen LogP contribution in [0.3, 0.4) is 0 Å². The summed E-state index contributed by atoms with van der Waals surface area (Å²) in [6, 6.07) is 24.2. The average Bonchev–Trinajstić information content (AvgIpc) is 3.23. The van der Waals surface area contributed by atoms with Crippen molar-refractivity contribution in [2.75, 3.05) is 39.6 Å². The summed E-state index contributed by atoms with van der Waals surface area (Å²) >= 11 is 3.35. The molecule has 9 rings (SSSR count). The Morgan fingerprint density at radius 3 is 1.27 bits per heavy atom. The summed E-state index contributed by atoms with van der Waals surface area (Å²) in [5.41, 5.74) is 6.73. The Hall–Kier alpha value is -4.22. The number of rotatable bonds is 4. The molecular weight excluding hydrogens is 745 g/mol. The fraction of sp³-hybridized carbons (Fsp3) is 0.391. The number of carbonyl (C=O) groups is 2. The summed E-state index contributed by atoms with van der Waals surface area (Å²) in [5, 5.41) is 0. The van der Waals surface area contributed by atoms with Crippen molar-refractivity contribution in [3.8, 4) is 11.5 Å². The van der Waals surface area contributed by atoms with Gasteiger partial charge in [-0.15, -0.1) is 0 Å². The SMILES string of the molecule is O=C(OC1CCCCC1)c1ccc2c(c1)C1=C3c4cc(ccc4Sc4ccc(C(=O)OC5CCCCC5)cc43)OCCOCCOCCOc3ccc(c1c3)S2. The molecule has 0 spiro atoms. The van der Waals surface area contributed by atoms with Crippen LogP contribution in [0.2, 0.25) is 0 Å². The molecule has 0 radical (unpaired) electrons. The molecule has 2 saturated carbocycles. The maximum atomic E-state index is 13.8. The van der Waals surface area contributed by atoms with E-state index in [0.29, 0.717) is 62.3 Å². The molecule has 8 nitrogen and oxygen atoms in total. The second-order valence-corrected chi connectivity index (χ2v) is 17.1. The summed E-state index contributed by atoms with van der Waals surface area (Å²) in [6.07, 6.45) is 10.1. The van der Waals surface area contributed by atoms with Gasteiger partial charge in [-0.2, -0.15) is 0 Å². The van der Waals surface area contributed by atoms with Crippen LogP contribution in [0.4, 0.5) is 0 Å². The summed E-state index contributed by atoms with van der Waals surface area (Å²) in [7, 11) is 0. The highest BCUT2D eigenvalue weighted by atomic mass is 32.2. The molecule has 10 heteroatoms. The molecule has 3 heterocycles. The first kappa shape index (κ1) is 37.4. The predicted molar refractivity (Wildman–Crippen MR) is 216 cm³/mol. The van der Waals surface area contributed by atoms with Gasteiger partial charge in [-0.05, 0) is 146 Å². The third kappa shape index (κ3) is 8.12. The first-order chi connectivity index (χ1) is 27.6. The van der Waals surface area contributed by atoms with Crippen LogP contribution in [-0.2, 0) is 18.9 Å². The van der Waals surface area contributed by atoms with Gasteiger partial charge in [0, 0.05) is 30.7 Å². The van der Waals surface area contributed by atoms with Crippen molar-refractivity contribution in [2.24, 2.45) is 0 Å². The number of carbonyl (C=O) groups excluding carboxylic acids is 2. The zero-order chi connectivity index (χ0) is 37.8. The lowest BCUT2D eigenvalue weighted by Gasteiger charge is -2.30. The maximum Gasteiger partial charge on any atom is 0.338 e. The number of esters is 2. The normalized spacial score (nSPS) is 18.9. The van der Waals surface area contributed by atoms with E-state index in [1.165, 1.54) is 12.8 Å². The van der Waals surface area contributed by atoms with Crippen molar-refractivity contribution < 1.29 is 38.0 Å². The molecule has 0 aromatic heterocycles. The fourth-order valence-corrected chi connectivity index (χ4v) is 10.4. The summed E-state index contributed by atoms with van der Waals surface area (Å²) in [4.78, 5) is 31.8. The van der Waals surface area contributed by atoms with Gasteiger partial charge in [0.2, 0.25) is 0 Å². The van der Waals surface area contributed by atoms with E-state index in [1.54, 1.807) is 23.5 Å². The number of hydrogen-bond acceptors (Lipinski definition) is 10. The van der Waals surface area contributed by atoms with Crippen molar-refractivity contribution in [1.29, 1.82) is 0 Å². The van der Waals surface area contributed by atoms with Crippen LogP contribution < -0.4 is 9.47 Å². The highest BCUT2D eigenvalue weighted by Gasteiger charge is 2.33. The van der Waals surface area contributed by atoms with E-state index in [4.69, 9.17) is 28.4 Å².